The molecule has 0 aliphatic heterocycles. The molecule has 14 heavy (non-hydrogen) atoms. The van der Waals surface area contributed by atoms with Crippen molar-refractivity contribution < 1.29 is 0 Å². The van der Waals surface area contributed by atoms with Gasteiger partial charge in [0.2, 0.25) is 0 Å². The van der Waals surface area contributed by atoms with Crippen LogP contribution in [0.5, 0.6) is 0 Å². The summed E-state index contributed by atoms with van der Waals surface area (Å²) < 4.78 is 0. The van der Waals surface area contributed by atoms with Crippen molar-refractivity contribution in [2.24, 2.45) is 0 Å². The standard InChI is InChI=1S/C10H14Cl3P/c1-8(2)10-5-3-9(4-6-10)7-14(11,12)13/h3-6,8,14H,7H2,1-2H3. The van der Waals surface area contributed by atoms with Gasteiger partial charge in [0.25, 0.3) is 0 Å². The van der Waals surface area contributed by atoms with E-state index in [1.165, 1.54) is 5.56 Å². The zero-order valence-corrected chi connectivity index (χ0v) is 11.5. The fourth-order valence-corrected chi connectivity index (χ4v) is 3.34. The first-order valence-corrected chi connectivity index (χ1v) is 9.78. The van der Waals surface area contributed by atoms with E-state index in [0.717, 1.165) is 5.56 Å². The summed E-state index contributed by atoms with van der Waals surface area (Å²) in [6.45, 7) is 4.33. The molecule has 0 aliphatic carbocycles. The molecule has 0 nitrogen and oxygen atoms in total. The Morgan fingerprint density at radius 3 is 1.93 bits per heavy atom. The van der Waals surface area contributed by atoms with Crippen molar-refractivity contribution in [1.82, 2.24) is 0 Å². The van der Waals surface area contributed by atoms with E-state index in [9.17, 15) is 0 Å². The summed E-state index contributed by atoms with van der Waals surface area (Å²) in [7, 11) is 0. The number of hydrogen-bond acceptors (Lipinski definition) is 0. The third kappa shape index (κ3) is 4.36. The van der Waals surface area contributed by atoms with Gasteiger partial charge in [-0.05, 0) is 0 Å². The van der Waals surface area contributed by atoms with E-state index >= 15 is 0 Å². The first-order chi connectivity index (χ1) is 6.38. The molecule has 4 heteroatoms. The van der Waals surface area contributed by atoms with Crippen LogP contribution in [0.15, 0.2) is 24.3 Å². The van der Waals surface area contributed by atoms with Crippen LogP contribution >= 0.6 is 39.0 Å². The van der Waals surface area contributed by atoms with Gasteiger partial charge in [-0.3, -0.25) is 0 Å². The third-order valence-corrected chi connectivity index (χ3v) is 4.06. The minimum atomic E-state index is -2.53. The van der Waals surface area contributed by atoms with Crippen molar-refractivity contribution in [2.75, 3.05) is 0 Å². The number of benzene rings is 1. The fraction of sp³-hybridized carbons (Fsp3) is 0.400. The second kappa shape index (κ2) is 5.03. The van der Waals surface area contributed by atoms with E-state index in [0.29, 0.717) is 12.1 Å². The Kier molecular flexibility index (Phi) is 4.53. The van der Waals surface area contributed by atoms with E-state index in [-0.39, 0.29) is 0 Å². The fourth-order valence-electron chi connectivity index (χ4n) is 1.25. The summed E-state index contributed by atoms with van der Waals surface area (Å²) in [4.78, 5) is 0. The van der Waals surface area contributed by atoms with Crippen molar-refractivity contribution in [3.05, 3.63) is 35.4 Å². The van der Waals surface area contributed by atoms with E-state index in [1.54, 1.807) is 0 Å². The van der Waals surface area contributed by atoms with E-state index in [2.05, 4.69) is 26.0 Å². The van der Waals surface area contributed by atoms with Gasteiger partial charge in [-0.1, -0.05) is 0 Å². The summed E-state index contributed by atoms with van der Waals surface area (Å²) in [5, 5.41) is -2.53. The molecular weight excluding hydrogens is 257 g/mol. The van der Waals surface area contributed by atoms with Crippen LogP contribution < -0.4 is 0 Å². The third-order valence-electron chi connectivity index (χ3n) is 2.05. The predicted molar refractivity (Wildman–Crippen MR) is 70.1 cm³/mol. The van der Waals surface area contributed by atoms with Gasteiger partial charge >= 0.3 is 100 Å². The molecule has 1 aromatic carbocycles. The Hall–Kier alpha value is 0.520. The van der Waals surface area contributed by atoms with Gasteiger partial charge in [-0.2, -0.15) is 0 Å². The molecule has 0 radical (unpaired) electrons. The Labute approximate surface area is 100 Å². The Balaban J connectivity index is 2.74. The van der Waals surface area contributed by atoms with Crippen LogP contribution in [-0.2, 0) is 6.16 Å². The molecule has 0 unspecified atom stereocenters. The maximum atomic E-state index is 5.84. The second-order valence-electron chi connectivity index (χ2n) is 3.69. The van der Waals surface area contributed by atoms with E-state index in [4.69, 9.17) is 33.7 Å². The molecule has 0 fully saturated rings. The summed E-state index contributed by atoms with van der Waals surface area (Å²) in [6, 6.07) is 8.30. The van der Waals surface area contributed by atoms with Crippen LogP contribution in [0.4, 0.5) is 0 Å². The maximum absolute atomic E-state index is 5.84. The van der Waals surface area contributed by atoms with Gasteiger partial charge in [0.05, 0.1) is 0 Å². The molecule has 0 saturated heterocycles. The van der Waals surface area contributed by atoms with Gasteiger partial charge in [-0.25, -0.2) is 0 Å². The van der Waals surface area contributed by atoms with Crippen molar-refractivity contribution in [3.8, 4) is 0 Å². The molecule has 0 spiro atoms. The molecule has 0 N–H and O–H groups in total. The molecular formula is C10H14Cl3P. The van der Waals surface area contributed by atoms with Crippen molar-refractivity contribution in [1.29, 1.82) is 0 Å². The predicted octanol–water partition coefficient (Wildman–Crippen LogP) is 5.52. The van der Waals surface area contributed by atoms with Gasteiger partial charge < -0.3 is 0 Å². The summed E-state index contributed by atoms with van der Waals surface area (Å²) in [6.07, 6.45) is 0.593. The van der Waals surface area contributed by atoms with Crippen LogP contribution in [0.1, 0.15) is 30.9 Å². The van der Waals surface area contributed by atoms with Crippen LogP contribution in [-0.4, -0.2) is 0 Å². The zero-order chi connectivity index (χ0) is 10.8. The zero-order valence-electron chi connectivity index (χ0n) is 8.23. The molecule has 0 aliphatic rings. The molecule has 0 aromatic heterocycles. The summed E-state index contributed by atoms with van der Waals surface area (Å²) in [5.41, 5.74) is 2.43. The average Bonchev–Trinajstić information content (AvgIpc) is 2.02. The number of halogens is 3. The van der Waals surface area contributed by atoms with E-state index < -0.39 is 5.32 Å². The van der Waals surface area contributed by atoms with Crippen molar-refractivity contribution >= 4 is 39.0 Å². The molecule has 80 valence electrons. The number of rotatable bonds is 3. The SMILES string of the molecule is CC(C)c1ccc(C[PH](Cl)(Cl)Cl)cc1. The Morgan fingerprint density at radius 2 is 1.57 bits per heavy atom. The van der Waals surface area contributed by atoms with Crippen LogP contribution in [0.2, 0.25) is 0 Å². The van der Waals surface area contributed by atoms with Gasteiger partial charge in [0, 0.05) is 0 Å². The monoisotopic (exact) mass is 270 g/mol. The van der Waals surface area contributed by atoms with Crippen molar-refractivity contribution in [2.45, 2.75) is 25.9 Å². The topological polar surface area (TPSA) is 0 Å². The first kappa shape index (κ1) is 12.6. The second-order valence-corrected chi connectivity index (χ2v) is 12.8. The molecule has 0 atom stereocenters. The van der Waals surface area contributed by atoms with Crippen molar-refractivity contribution in [3.63, 3.8) is 0 Å². The van der Waals surface area contributed by atoms with Gasteiger partial charge in [0.15, 0.2) is 0 Å². The van der Waals surface area contributed by atoms with Gasteiger partial charge in [0.1, 0.15) is 0 Å². The Bertz CT molecular complexity index is 287. The molecule has 0 saturated carbocycles. The summed E-state index contributed by atoms with van der Waals surface area (Å²) in [5.74, 6) is 0.550. The van der Waals surface area contributed by atoms with E-state index in [1.807, 2.05) is 12.1 Å². The normalized spacial score (nSPS) is 13.3. The Morgan fingerprint density at radius 1 is 1.07 bits per heavy atom. The molecule has 0 bridgehead atoms. The van der Waals surface area contributed by atoms with Crippen LogP contribution in [0.25, 0.3) is 0 Å². The average molecular weight is 272 g/mol. The quantitative estimate of drug-likeness (QED) is 0.635. The number of hydrogen-bond donors (Lipinski definition) is 0. The van der Waals surface area contributed by atoms with Gasteiger partial charge in [-0.15, -0.1) is 0 Å². The van der Waals surface area contributed by atoms with Crippen LogP contribution in [0.3, 0.4) is 0 Å². The molecule has 1 aromatic rings. The molecule has 0 amide bonds. The molecule has 0 heterocycles. The summed E-state index contributed by atoms with van der Waals surface area (Å²) >= 11 is 17.5. The minimum absolute atomic E-state index is 0.550. The molecule has 1 rings (SSSR count). The van der Waals surface area contributed by atoms with Crippen LogP contribution in [0, 0.1) is 0 Å². The first-order valence-electron chi connectivity index (χ1n) is 4.54.